The zero-order chi connectivity index (χ0) is 42.8. The molecule has 1 heterocycles. The van der Waals surface area contributed by atoms with Gasteiger partial charge in [0.25, 0.3) is 0 Å². The molecular weight excluding hydrogens is 748 g/mol. The zero-order valence-electron chi connectivity index (χ0n) is 31.8. The number of aromatic amines is 1. The van der Waals surface area contributed by atoms with E-state index < -0.39 is 96.6 Å². The normalized spacial score (nSPS) is 14.2. The van der Waals surface area contributed by atoms with Crippen molar-refractivity contribution in [3.8, 4) is 0 Å². The van der Waals surface area contributed by atoms with E-state index in [9.17, 15) is 48.6 Å². The first-order chi connectivity index (χ1) is 26.8. The summed E-state index contributed by atoms with van der Waals surface area (Å²) in [5, 5.41) is 32.5. The Morgan fingerprint density at radius 1 is 0.737 bits per heavy atom. The molecule has 2 rings (SSSR count). The zero-order valence-corrected chi connectivity index (χ0v) is 31.8. The Morgan fingerprint density at radius 2 is 1.30 bits per heavy atom. The number of nitrogens with two attached hydrogens (primary N) is 5. The van der Waals surface area contributed by atoms with Crippen molar-refractivity contribution in [3.05, 3.63) is 36.0 Å². The molecular formula is C35H54N12O10. The van der Waals surface area contributed by atoms with E-state index in [1.807, 2.05) is 0 Å². The first-order valence-electron chi connectivity index (χ1n) is 18.1. The van der Waals surface area contributed by atoms with E-state index in [4.69, 9.17) is 28.7 Å². The quantitative estimate of drug-likeness (QED) is 0.0258. The van der Waals surface area contributed by atoms with Gasteiger partial charge in [-0.05, 0) is 43.2 Å². The van der Waals surface area contributed by atoms with Crippen LogP contribution in [0, 0.1) is 5.92 Å². The molecule has 0 aliphatic carbocycles. The van der Waals surface area contributed by atoms with Crippen molar-refractivity contribution >= 4 is 64.2 Å². The number of primary amides is 2. The van der Waals surface area contributed by atoms with Gasteiger partial charge in [0.15, 0.2) is 5.96 Å². The van der Waals surface area contributed by atoms with Crippen molar-refractivity contribution < 1.29 is 48.6 Å². The molecule has 22 nitrogen and oxygen atoms in total. The molecule has 22 heteroatoms. The Kier molecular flexibility index (Phi) is 18.9. The Hall–Kier alpha value is -6.29. The van der Waals surface area contributed by atoms with Crippen LogP contribution in [0.5, 0.6) is 0 Å². The third-order valence-electron chi connectivity index (χ3n) is 8.52. The molecule has 0 fully saturated rings. The van der Waals surface area contributed by atoms with Gasteiger partial charge >= 0.3 is 5.97 Å². The number of carbonyl (C=O) groups excluding carboxylic acids is 7. The number of para-hydroxylation sites is 1. The number of rotatable bonds is 25. The van der Waals surface area contributed by atoms with Crippen LogP contribution < -0.4 is 55.3 Å². The Balaban J connectivity index is 2.38. The summed E-state index contributed by atoms with van der Waals surface area (Å²) in [5.41, 5.74) is 28.0. The number of aromatic nitrogens is 1. The predicted molar refractivity (Wildman–Crippen MR) is 206 cm³/mol. The van der Waals surface area contributed by atoms with Crippen molar-refractivity contribution in [1.82, 2.24) is 31.6 Å². The monoisotopic (exact) mass is 802 g/mol. The van der Waals surface area contributed by atoms with Gasteiger partial charge in [0, 0.05) is 36.5 Å². The highest BCUT2D eigenvalue weighted by Gasteiger charge is 2.33. The number of nitrogens with zero attached hydrogens (tertiary/aromatic N) is 1. The van der Waals surface area contributed by atoms with Gasteiger partial charge in [-0.2, -0.15) is 0 Å². The maximum Gasteiger partial charge on any atom is 0.326 e. The molecule has 0 bridgehead atoms. The fourth-order valence-electron chi connectivity index (χ4n) is 5.62. The van der Waals surface area contributed by atoms with E-state index in [-0.39, 0.29) is 56.9 Å². The highest BCUT2D eigenvalue weighted by Crippen LogP contribution is 2.20. The van der Waals surface area contributed by atoms with Crippen molar-refractivity contribution in [3.63, 3.8) is 0 Å². The Labute approximate surface area is 327 Å². The molecule has 0 unspecified atom stereocenters. The number of guanidine groups is 1. The van der Waals surface area contributed by atoms with Gasteiger partial charge in [0.1, 0.15) is 30.2 Å². The lowest BCUT2D eigenvalue weighted by Crippen LogP contribution is -2.60. The second-order valence-electron chi connectivity index (χ2n) is 13.8. The first kappa shape index (κ1) is 46.9. The maximum atomic E-state index is 14.1. The average molecular weight is 803 g/mol. The molecule has 0 aliphatic rings. The highest BCUT2D eigenvalue weighted by atomic mass is 16.4. The lowest BCUT2D eigenvalue weighted by atomic mass is 10.00. The van der Waals surface area contributed by atoms with Gasteiger partial charge in [-0.25, -0.2) is 4.79 Å². The van der Waals surface area contributed by atoms with Crippen LogP contribution in [-0.4, -0.2) is 118 Å². The average Bonchev–Trinajstić information content (AvgIpc) is 3.54. The minimum absolute atomic E-state index is 0.0165. The molecule has 1 aromatic heterocycles. The molecule has 0 saturated heterocycles. The highest BCUT2D eigenvalue weighted by molar-refractivity contribution is 5.97. The summed E-state index contributed by atoms with van der Waals surface area (Å²) in [5.74, 6) is -8.11. The molecule has 0 saturated carbocycles. The number of carboxylic acid groups (broad SMARTS) is 1. The van der Waals surface area contributed by atoms with Gasteiger partial charge in [-0.15, -0.1) is 0 Å². The molecule has 0 spiro atoms. The lowest BCUT2D eigenvalue weighted by molar-refractivity contribution is -0.142. The summed E-state index contributed by atoms with van der Waals surface area (Å²) in [4.78, 5) is 109. The van der Waals surface area contributed by atoms with Crippen LogP contribution in [0.15, 0.2) is 35.5 Å². The largest absolute Gasteiger partial charge is 0.480 e. The first-order valence-corrected chi connectivity index (χ1v) is 18.1. The standard InChI is InChI=1S/C35H54N12O10/c1-17(2)12-24(31(53)47-26(16-48)33(55)44-23(34(56)57)8-5-11-41-35(39)40)45-32(54)25(13-18-15-42-21-7-4-3-6-19(18)21)46-30(52)22(9-10-27(37)49)43-29(51)20(36)14-28(38)50/h3-4,6-7,15,17,20,22-26,42,48H,5,8-14,16,36H2,1-2H3,(H2,37,49)(H2,38,50)(H,43,51)(H,44,55)(H,45,54)(H,46,52)(H,47,53)(H,56,57)(H4,39,40,41)/t20-,22-,23-,24-,25-,26-/m0/s1. The second-order valence-corrected chi connectivity index (χ2v) is 13.8. The number of hydrogen-bond acceptors (Lipinski definition) is 11. The van der Waals surface area contributed by atoms with Gasteiger partial charge in [-0.1, -0.05) is 32.0 Å². The molecule has 314 valence electrons. The number of benzene rings is 1. The summed E-state index contributed by atoms with van der Waals surface area (Å²) in [6, 6.07) is -1.55. The summed E-state index contributed by atoms with van der Waals surface area (Å²) < 4.78 is 0. The number of H-pyrrole nitrogens is 1. The van der Waals surface area contributed by atoms with Crippen LogP contribution in [0.2, 0.25) is 0 Å². The molecule has 0 aliphatic heterocycles. The topological polar surface area (TPSA) is 395 Å². The van der Waals surface area contributed by atoms with Crippen LogP contribution >= 0.6 is 0 Å². The number of fused-ring (bicyclic) bond motifs is 1. The van der Waals surface area contributed by atoms with Gasteiger partial charge in [0.05, 0.1) is 19.1 Å². The number of aliphatic hydroxyl groups is 1. The number of aliphatic hydroxyl groups excluding tert-OH is 1. The summed E-state index contributed by atoms with van der Waals surface area (Å²) in [6.07, 6.45) is 0.405. The lowest BCUT2D eigenvalue weighted by Gasteiger charge is -2.27. The molecule has 1 aromatic carbocycles. The molecule has 57 heavy (non-hydrogen) atoms. The maximum absolute atomic E-state index is 14.1. The van der Waals surface area contributed by atoms with Gasteiger partial charge < -0.3 is 70.4 Å². The van der Waals surface area contributed by atoms with E-state index in [0.29, 0.717) is 10.9 Å². The van der Waals surface area contributed by atoms with Crippen molar-refractivity contribution in [1.29, 1.82) is 0 Å². The second kappa shape index (κ2) is 22.9. The fourth-order valence-corrected chi connectivity index (χ4v) is 5.62. The van der Waals surface area contributed by atoms with E-state index in [2.05, 4.69) is 36.6 Å². The molecule has 18 N–H and O–H groups in total. The molecule has 6 atom stereocenters. The van der Waals surface area contributed by atoms with E-state index in [0.717, 1.165) is 5.52 Å². The smallest absolute Gasteiger partial charge is 0.326 e. The third-order valence-corrected chi connectivity index (χ3v) is 8.52. The summed E-state index contributed by atoms with van der Waals surface area (Å²) >= 11 is 0. The van der Waals surface area contributed by atoms with Crippen molar-refractivity contribution in [2.75, 3.05) is 13.2 Å². The van der Waals surface area contributed by atoms with Crippen LogP contribution in [0.4, 0.5) is 0 Å². The van der Waals surface area contributed by atoms with E-state index in [1.165, 1.54) is 0 Å². The van der Waals surface area contributed by atoms with E-state index in [1.54, 1.807) is 44.3 Å². The number of carbonyl (C=O) groups is 8. The number of amides is 7. The number of aliphatic carboxylic acids is 1. The molecule has 0 radical (unpaired) electrons. The Morgan fingerprint density at radius 3 is 1.89 bits per heavy atom. The number of aliphatic imine (C=N–C) groups is 1. The third kappa shape index (κ3) is 16.1. The van der Waals surface area contributed by atoms with Crippen molar-refractivity contribution in [2.24, 2.45) is 39.6 Å². The number of hydrogen-bond donors (Lipinski definition) is 13. The number of nitrogens with one attached hydrogen (secondary N) is 6. The molecule has 7 amide bonds. The summed E-state index contributed by atoms with van der Waals surface area (Å²) in [6.45, 7) is 2.67. The number of carboxylic acids is 1. The SMILES string of the molecule is CC(C)C[C@H](NC(=O)[C@H](Cc1c[nH]c2ccccc12)NC(=O)[C@H](CCC(N)=O)NC(=O)[C@@H](N)CC(N)=O)C(=O)N[C@@H](CO)C(=O)N[C@@H](CCCN=C(N)N)C(=O)O. The van der Waals surface area contributed by atoms with Gasteiger partial charge in [-0.3, -0.25) is 38.6 Å². The van der Waals surface area contributed by atoms with Gasteiger partial charge in [0.2, 0.25) is 41.4 Å². The molecule has 2 aromatic rings. The minimum Gasteiger partial charge on any atom is -0.480 e. The van der Waals surface area contributed by atoms with Crippen LogP contribution in [0.1, 0.15) is 57.9 Å². The van der Waals surface area contributed by atoms with Crippen molar-refractivity contribution in [2.45, 2.75) is 95.0 Å². The van der Waals surface area contributed by atoms with Crippen LogP contribution in [-0.2, 0) is 44.8 Å². The van der Waals surface area contributed by atoms with E-state index >= 15 is 0 Å². The Bertz CT molecular complexity index is 1780. The predicted octanol–water partition coefficient (Wildman–Crippen LogP) is -4.22. The van der Waals surface area contributed by atoms with Crippen LogP contribution in [0.25, 0.3) is 10.9 Å². The fraction of sp³-hybridized carbons (Fsp3) is 0.514. The minimum atomic E-state index is -1.62. The summed E-state index contributed by atoms with van der Waals surface area (Å²) in [7, 11) is 0. The van der Waals surface area contributed by atoms with Crippen LogP contribution in [0.3, 0.4) is 0 Å².